The molecule has 3 saturated heterocycles. The summed E-state index contributed by atoms with van der Waals surface area (Å²) in [6.45, 7) is -1.17. The predicted octanol–water partition coefficient (Wildman–Crippen LogP) is -8.29. The van der Waals surface area contributed by atoms with E-state index in [4.69, 9.17) is 62.2 Å². The Kier molecular flexibility index (Phi) is 16.3. The van der Waals surface area contributed by atoms with Crippen LogP contribution in [0.5, 0.6) is 0 Å². The lowest BCUT2D eigenvalue weighted by Crippen LogP contribution is -2.64. The number of hydrogen-bond acceptors (Lipinski definition) is 21. The van der Waals surface area contributed by atoms with Gasteiger partial charge in [0.1, 0.15) is 54.9 Å². The standard InChI is InChI=1S/C30H58N6O15/c31-5-17(41)16(40)4-11-3-15(34)25(49-28-14(33)2-1-13(46-28)8-36-7-12(39)9-37)27(21(11)42)51-30-24(45)26(19(10-38)48-30)50-29-20(35)23(44)22(43)18(6-32)47-29/h11-15,17-30,36-39,41-45H,1-10,31-35H2/t11-,12?,13-,14+,15-,17?,18-,19+,20+,21-,22+,23+,24+,25+,26+,27+,28+,29+,30-/m0/s1. The SMILES string of the molecule is NCC(O)C(=O)C[C@@H]1C[C@H](N)[C@@H](O[C@H]2O[C@H](CNCC(O)CO)CC[C@H]2N)[C@H](O[C@@H]2O[C@H](CO)[C@@H](O[C@H]3O[C@@H](CN)[C@@H](O)[C@H](O)[C@H]3N)[C@H]2O)[C@H]1O. The van der Waals surface area contributed by atoms with Gasteiger partial charge in [0.15, 0.2) is 24.7 Å². The first-order chi connectivity index (χ1) is 24.2. The van der Waals surface area contributed by atoms with Crippen LogP contribution in [0.15, 0.2) is 0 Å². The molecule has 21 nitrogen and oxygen atoms in total. The maximum atomic E-state index is 12.7. The molecule has 3 aliphatic heterocycles. The first-order valence-corrected chi connectivity index (χ1v) is 17.4. The van der Waals surface area contributed by atoms with E-state index in [-0.39, 0.29) is 32.5 Å². The van der Waals surface area contributed by atoms with Crippen LogP contribution in [0.1, 0.15) is 25.7 Å². The van der Waals surface area contributed by atoms with Crippen LogP contribution in [-0.2, 0) is 33.2 Å². The Hall–Kier alpha value is -1.13. The van der Waals surface area contributed by atoms with Gasteiger partial charge >= 0.3 is 0 Å². The summed E-state index contributed by atoms with van der Waals surface area (Å²) >= 11 is 0. The van der Waals surface area contributed by atoms with Gasteiger partial charge in [0.2, 0.25) is 0 Å². The number of hydrogen-bond donors (Lipinski definition) is 14. The minimum absolute atomic E-state index is 0.0488. The molecule has 4 aliphatic rings. The van der Waals surface area contributed by atoms with Crippen LogP contribution >= 0.6 is 0 Å². The van der Waals surface area contributed by atoms with Crippen molar-refractivity contribution in [2.75, 3.05) is 39.4 Å². The zero-order valence-corrected chi connectivity index (χ0v) is 28.4. The van der Waals surface area contributed by atoms with Gasteiger partial charge in [-0.05, 0) is 25.2 Å². The van der Waals surface area contributed by atoms with Crippen LogP contribution < -0.4 is 34.0 Å². The molecule has 4 rings (SSSR count). The molecule has 19 N–H and O–H groups in total. The number of carbonyl (C=O) groups excluding carboxylic acids is 1. The zero-order chi connectivity index (χ0) is 37.6. The Morgan fingerprint density at radius 3 is 2.10 bits per heavy atom. The zero-order valence-electron chi connectivity index (χ0n) is 28.4. The van der Waals surface area contributed by atoms with Gasteiger partial charge in [-0.1, -0.05) is 0 Å². The molecule has 4 fully saturated rings. The number of carbonyl (C=O) groups is 1. The summed E-state index contributed by atoms with van der Waals surface area (Å²) in [5.41, 5.74) is 30.1. The monoisotopic (exact) mass is 742 g/mol. The number of ether oxygens (including phenoxy) is 6. The second-order valence-electron chi connectivity index (χ2n) is 13.8. The number of ketones is 1. The summed E-state index contributed by atoms with van der Waals surface area (Å²) < 4.78 is 35.9. The molecule has 0 bridgehead atoms. The highest BCUT2D eigenvalue weighted by atomic mass is 16.8. The lowest BCUT2D eigenvalue weighted by Gasteiger charge is -2.46. The van der Waals surface area contributed by atoms with E-state index in [0.717, 1.165) is 0 Å². The molecule has 0 aromatic carbocycles. The van der Waals surface area contributed by atoms with Gasteiger partial charge in [-0.3, -0.25) is 4.79 Å². The van der Waals surface area contributed by atoms with Crippen molar-refractivity contribution in [1.82, 2.24) is 5.32 Å². The predicted molar refractivity (Wildman–Crippen MR) is 173 cm³/mol. The molecule has 298 valence electrons. The van der Waals surface area contributed by atoms with Crippen LogP contribution in [0.4, 0.5) is 0 Å². The third-order valence-corrected chi connectivity index (χ3v) is 9.98. The Morgan fingerprint density at radius 1 is 0.784 bits per heavy atom. The number of nitrogens with two attached hydrogens (primary N) is 5. The van der Waals surface area contributed by atoms with Gasteiger partial charge in [0.25, 0.3) is 0 Å². The lowest BCUT2D eigenvalue weighted by atomic mass is 9.76. The summed E-state index contributed by atoms with van der Waals surface area (Å²) in [7, 11) is 0. The number of rotatable bonds is 17. The quantitative estimate of drug-likeness (QED) is 0.0658. The van der Waals surface area contributed by atoms with Crippen molar-refractivity contribution < 1.29 is 74.1 Å². The van der Waals surface area contributed by atoms with Gasteiger partial charge in [-0.2, -0.15) is 0 Å². The van der Waals surface area contributed by atoms with Crippen molar-refractivity contribution in [2.45, 2.75) is 136 Å². The largest absolute Gasteiger partial charge is 0.394 e. The Labute approximate surface area is 295 Å². The molecular weight excluding hydrogens is 684 g/mol. The van der Waals surface area contributed by atoms with E-state index in [9.17, 15) is 40.5 Å². The van der Waals surface area contributed by atoms with Gasteiger partial charge in [-0.25, -0.2) is 0 Å². The third kappa shape index (κ3) is 10.3. The summed E-state index contributed by atoms with van der Waals surface area (Å²) in [4.78, 5) is 12.7. The average Bonchev–Trinajstić information content (AvgIpc) is 3.41. The number of aliphatic hydroxyl groups excluding tert-OH is 8. The molecule has 0 radical (unpaired) electrons. The van der Waals surface area contributed by atoms with Crippen molar-refractivity contribution in [2.24, 2.45) is 34.6 Å². The molecular formula is C30H58N6O15. The van der Waals surface area contributed by atoms with Gasteiger partial charge in [0, 0.05) is 38.6 Å². The third-order valence-electron chi connectivity index (χ3n) is 9.98. The fraction of sp³-hybridized carbons (Fsp3) is 0.967. The summed E-state index contributed by atoms with van der Waals surface area (Å²) in [5.74, 6) is -1.47. The van der Waals surface area contributed by atoms with E-state index in [1.807, 2.05) is 0 Å². The fourth-order valence-corrected chi connectivity index (χ4v) is 6.89. The van der Waals surface area contributed by atoms with Crippen LogP contribution in [0.3, 0.4) is 0 Å². The highest BCUT2D eigenvalue weighted by molar-refractivity contribution is 5.83. The maximum Gasteiger partial charge on any atom is 0.187 e. The van der Waals surface area contributed by atoms with Crippen LogP contribution in [0, 0.1) is 5.92 Å². The molecule has 1 aliphatic carbocycles. The maximum absolute atomic E-state index is 12.7. The van der Waals surface area contributed by atoms with E-state index in [1.54, 1.807) is 0 Å². The molecule has 0 amide bonds. The van der Waals surface area contributed by atoms with Crippen LogP contribution in [0.25, 0.3) is 0 Å². The van der Waals surface area contributed by atoms with E-state index in [0.29, 0.717) is 19.4 Å². The summed E-state index contributed by atoms with van der Waals surface area (Å²) in [5, 5.41) is 85.5. The summed E-state index contributed by atoms with van der Waals surface area (Å²) in [6.07, 6.45) is -18.2. The van der Waals surface area contributed by atoms with Gasteiger partial charge < -0.3 is 103 Å². The van der Waals surface area contributed by atoms with E-state index >= 15 is 0 Å². The smallest absolute Gasteiger partial charge is 0.187 e. The first-order valence-electron chi connectivity index (χ1n) is 17.4. The molecule has 1 saturated carbocycles. The van der Waals surface area contributed by atoms with Crippen molar-refractivity contribution in [3.63, 3.8) is 0 Å². The average molecular weight is 743 g/mol. The topological polar surface area (TPSA) is 376 Å². The van der Waals surface area contributed by atoms with Crippen molar-refractivity contribution in [3.05, 3.63) is 0 Å². The van der Waals surface area contributed by atoms with Gasteiger partial charge in [-0.15, -0.1) is 0 Å². The molecule has 0 aromatic heterocycles. The highest BCUT2D eigenvalue weighted by Crippen LogP contribution is 2.37. The molecule has 2 unspecified atom stereocenters. The van der Waals surface area contributed by atoms with Crippen LogP contribution in [-0.4, -0.2) is 196 Å². The number of aliphatic hydroxyl groups is 8. The minimum Gasteiger partial charge on any atom is -0.394 e. The lowest BCUT2D eigenvalue weighted by molar-refractivity contribution is -0.292. The Morgan fingerprint density at radius 2 is 1.45 bits per heavy atom. The van der Waals surface area contributed by atoms with Gasteiger partial charge in [0.05, 0.1) is 43.6 Å². The normalized spacial score (nSPS) is 44.7. The molecule has 51 heavy (non-hydrogen) atoms. The molecule has 0 spiro atoms. The Balaban J connectivity index is 1.52. The molecule has 19 atom stereocenters. The second kappa shape index (κ2) is 19.5. The molecule has 3 heterocycles. The second-order valence-corrected chi connectivity index (χ2v) is 13.8. The Bertz CT molecular complexity index is 1070. The molecule has 21 heteroatoms. The highest BCUT2D eigenvalue weighted by Gasteiger charge is 2.54. The fourth-order valence-electron chi connectivity index (χ4n) is 6.89. The van der Waals surface area contributed by atoms with E-state index in [2.05, 4.69) is 5.32 Å². The summed E-state index contributed by atoms with van der Waals surface area (Å²) in [6, 6.07) is -2.79. The van der Waals surface area contributed by atoms with E-state index in [1.165, 1.54) is 0 Å². The first kappa shape index (κ1) is 42.6. The number of Topliss-reactive ketones (excluding diaryl/α,β-unsaturated/α-hetero) is 1. The van der Waals surface area contributed by atoms with Crippen molar-refractivity contribution in [3.8, 4) is 0 Å². The minimum atomic E-state index is -1.65. The van der Waals surface area contributed by atoms with Crippen LogP contribution in [0.2, 0.25) is 0 Å². The number of nitrogens with one attached hydrogen (secondary N) is 1. The van der Waals surface area contributed by atoms with Crippen molar-refractivity contribution in [1.29, 1.82) is 0 Å². The van der Waals surface area contributed by atoms with Crippen molar-refractivity contribution >= 4 is 5.78 Å². The molecule has 0 aromatic rings. The van der Waals surface area contributed by atoms with E-state index < -0.39 is 135 Å².